The van der Waals surface area contributed by atoms with Crippen LogP contribution in [0.15, 0.2) is 114 Å². The maximum atomic E-state index is 13.9. The minimum Gasteiger partial charge on any atom is -0.488 e. The number of amides is 2. The molecule has 0 aliphatic carbocycles. The molecule has 4 aromatic rings. The molecule has 43 heavy (non-hydrogen) atoms. The van der Waals surface area contributed by atoms with Crippen LogP contribution < -0.4 is 9.64 Å². The zero-order valence-corrected chi connectivity index (χ0v) is 25.8. The second-order valence-corrected chi connectivity index (χ2v) is 12.0. The fourth-order valence-corrected chi connectivity index (χ4v) is 6.12. The van der Waals surface area contributed by atoms with Crippen LogP contribution >= 0.6 is 15.9 Å². The normalized spacial score (nSPS) is 25.4. The van der Waals surface area contributed by atoms with Crippen LogP contribution in [0.2, 0.25) is 0 Å². The van der Waals surface area contributed by atoms with Crippen LogP contribution in [-0.4, -0.2) is 41.7 Å². The number of benzene rings is 4. The first-order valence-corrected chi connectivity index (χ1v) is 15.1. The van der Waals surface area contributed by atoms with E-state index in [1.165, 1.54) is 0 Å². The first-order chi connectivity index (χ1) is 20.8. The van der Waals surface area contributed by atoms with E-state index >= 15 is 0 Å². The Morgan fingerprint density at radius 2 is 1.51 bits per heavy atom. The standard InChI is InChI=1S/C35H33BrN2O5/c1-23-31(25-15-9-5-10-16-25)42-35(2,34(40)37(23)3)43-32-30(38(33(32)39)27-17-11-6-12-18-27)28-20-19-26(36)21-29(28)41-22-24-13-7-4-8-14-24/h4-21,23,30-32H,22H2,1-3H3/t23-,30+,31-,32-,35+/m0/s1. The Kier molecular flexibility index (Phi) is 8.09. The van der Waals surface area contributed by atoms with Gasteiger partial charge >= 0.3 is 0 Å². The molecule has 0 spiro atoms. The van der Waals surface area contributed by atoms with Gasteiger partial charge < -0.3 is 19.1 Å². The molecule has 2 amide bonds. The summed E-state index contributed by atoms with van der Waals surface area (Å²) in [5.41, 5.74) is 3.43. The van der Waals surface area contributed by atoms with Gasteiger partial charge in [-0.05, 0) is 49.2 Å². The zero-order chi connectivity index (χ0) is 30.1. The molecular weight excluding hydrogens is 608 g/mol. The molecule has 4 aromatic carbocycles. The lowest BCUT2D eigenvalue weighted by molar-refractivity contribution is -0.290. The van der Waals surface area contributed by atoms with Gasteiger partial charge in [0.25, 0.3) is 11.8 Å². The highest BCUT2D eigenvalue weighted by molar-refractivity contribution is 9.10. The molecule has 2 aliphatic rings. The number of halogens is 1. The predicted octanol–water partition coefficient (Wildman–Crippen LogP) is 6.84. The maximum Gasteiger partial charge on any atom is 0.282 e. The molecule has 6 rings (SSSR count). The van der Waals surface area contributed by atoms with Gasteiger partial charge in [0.2, 0.25) is 5.79 Å². The Morgan fingerprint density at radius 1 is 0.884 bits per heavy atom. The van der Waals surface area contributed by atoms with Crippen molar-refractivity contribution in [1.82, 2.24) is 4.90 Å². The second kappa shape index (κ2) is 12.0. The van der Waals surface area contributed by atoms with E-state index in [1.807, 2.05) is 116 Å². The topological polar surface area (TPSA) is 68.3 Å². The van der Waals surface area contributed by atoms with E-state index in [9.17, 15) is 9.59 Å². The fraction of sp³-hybridized carbons (Fsp3) is 0.257. The number of anilines is 1. The van der Waals surface area contributed by atoms with E-state index < -0.39 is 24.0 Å². The lowest BCUT2D eigenvalue weighted by Gasteiger charge is -2.52. The number of β-lactam (4-membered cyclic amide) rings is 1. The summed E-state index contributed by atoms with van der Waals surface area (Å²) in [6.45, 7) is 3.90. The van der Waals surface area contributed by atoms with Gasteiger partial charge in [0.1, 0.15) is 24.5 Å². The monoisotopic (exact) mass is 640 g/mol. The summed E-state index contributed by atoms with van der Waals surface area (Å²) in [6.07, 6.45) is -1.43. The van der Waals surface area contributed by atoms with Crippen LogP contribution in [0.25, 0.3) is 0 Å². The number of morpholine rings is 1. The maximum absolute atomic E-state index is 13.9. The van der Waals surface area contributed by atoms with E-state index in [1.54, 1.807) is 23.8 Å². The smallest absolute Gasteiger partial charge is 0.282 e. The van der Waals surface area contributed by atoms with Crippen LogP contribution in [0.1, 0.15) is 42.7 Å². The quantitative estimate of drug-likeness (QED) is 0.197. The van der Waals surface area contributed by atoms with Crippen LogP contribution in [0.5, 0.6) is 5.75 Å². The number of para-hydroxylation sites is 1. The number of likely N-dealkylation sites (N-methyl/N-ethyl adjacent to an activating group) is 1. The third-order valence-electron chi connectivity index (χ3n) is 8.20. The number of rotatable bonds is 8. The summed E-state index contributed by atoms with van der Waals surface area (Å²) in [4.78, 5) is 30.9. The molecule has 8 heteroatoms. The number of carbonyl (C=O) groups is 2. The lowest BCUT2D eigenvalue weighted by Crippen LogP contribution is -2.67. The molecule has 0 N–H and O–H groups in total. The number of nitrogens with zero attached hydrogens (tertiary/aromatic N) is 2. The Balaban J connectivity index is 1.36. The summed E-state index contributed by atoms with van der Waals surface area (Å²) >= 11 is 3.57. The van der Waals surface area contributed by atoms with E-state index in [0.717, 1.165) is 26.9 Å². The largest absolute Gasteiger partial charge is 0.488 e. The lowest BCUT2D eigenvalue weighted by atomic mass is 9.88. The van der Waals surface area contributed by atoms with Gasteiger partial charge in [-0.1, -0.05) is 101 Å². The van der Waals surface area contributed by atoms with Crippen molar-refractivity contribution in [1.29, 1.82) is 0 Å². The third kappa shape index (κ3) is 5.58. The fourth-order valence-electron chi connectivity index (χ4n) is 5.78. The number of hydrogen-bond donors (Lipinski definition) is 0. The first-order valence-electron chi connectivity index (χ1n) is 14.3. The minimum absolute atomic E-state index is 0.232. The Hall–Kier alpha value is -3.98. The first kappa shape index (κ1) is 29.1. The average molecular weight is 642 g/mol. The van der Waals surface area contributed by atoms with Crippen molar-refractivity contribution in [3.8, 4) is 5.75 Å². The van der Waals surface area contributed by atoms with Crippen molar-refractivity contribution in [2.24, 2.45) is 0 Å². The third-order valence-corrected chi connectivity index (χ3v) is 8.69. The molecule has 5 atom stereocenters. The molecule has 0 aromatic heterocycles. The Bertz CT molecular complexity index is 1600. The van der Waals surface area contributed by atoms with Crippen molar-refractivity contribution in [3.63, 3.8) is 0 Å². The van der Waals surface area contributed by atoms with Gasteiger partial charge in [-0.15, -0.1) is 0 Å². The van der Waals surface area contributed by atoms with Crippen molar-refractivity contribution in [2.45, 2.75) is 50.5 Å². The number of ether oxygens (including phenoxy) is 3. The average Bonchev–Trinajstić information content (AvgIpc) is 3.04. The van der Waals surface area contributed by atoms with Gasteiger partial charge in [0.15, 0.2) is 6.10 Å². The molecule has 0 radical (unpaired) electrons. The van der Waals surface area contributed by atoms with Crippen molar-refractivity contribution in [2.75, 3.05) is 11.9 Å². The summed E-state index contributed by atoms with van der Waals surface area (Å²) < 4.78 is 20.2. The van der Waals surface area contributed by atoms with Gasteiger partial charge in [-0.25, -0.2) is 0 Å². The van der Waals surface area contributed by atoms with Gasteiger partial charge in [0, 0.05) is 22.8 Å². The minimum atomic E-state index is -1.69. The molecule has 0 saturated carbocycles. The summed E-state index contributed by atoms with van der Waals surface area (Å²) in [6, 6.07) is 34.0. The van der Waals surface area contributed by atoms with Gasteiger partial charge in [-0.3, -0.25) is 14.5 Å². The number of hydrogen-bond acceptors (Lipinski definition) is 5. The van der Waals surface area contributed by atoms with Crippen LogP contribution in [0, 0.1) is 0 Å². The zero-order valence-electron chi connectivity index (χ0n) is 24.2. The molecule has 0 unspecified atom stereocenters. The molecule has 2 saturated heterocycles. The molecular formula is C35H33BrN2O5. The SMILES string of the molecule is C[C@H]1[C@@H](c2ccccc2)O[C@](C)(O[C@@H]2C(=O)N(c3ccccc3)[C@@H]2c2ccc(Br)cc2OCc2ccccc2)C(=O)N1C. The summed E-state index contributed by atoms with van der Waals surface area (Å²) in [5, 5.41) is 0. The number of carbonyl (C=O) groups excluding carboxylic acids is 2. The second-order valence-electron chi connectivity index (χ2n) is 11.0. The van der Waals surface area contributed by atoms with Crippen LogP contribution in [0.3, 0.4) is 0 Å². The van der Waals surface area contributed by atoms with Gasteiger partial charge in [0.05, 0.1) is 6.04 Å². The molecule has 220 valence electrons. The van der Waals surface area contributed by atoms with Gasteiger partial charge in [-0.2, -0.15) is 0 Å². The molecule has 0 bridgehead atoms. The molecule has 2 aliphatic heterocycles. The van der Waals surface area contributed by atoms with Crippen molar-refractivity contribution >= 4 is 33.4 Å². The highest BCUT2D eigenvalue weighted by Gasteiger charge is 2.58. The summed E-state index contributed by atoms with van der Waals surface area (Å²) in [7, 11) is 1.74. The Morgan fingerprint density at radius 3 is 2.19 bits per heavy atom. The van der Waals surface area contributed by atoms with Crippen molar-refractivity contribution in [3.05, 3.63) is 130 Å². The van der Waals surface area contributed by atoms with Crippen molar-refractivity contribution < 1.29 is 23.8 Å². The van der Waals surface area contributed by atoms with Crippen LogP contribution in [-0.2, 0) is 25.7 Å². The molecule has 7 nitrogen and oxygen atoms in total. The van der Waals surface area contributed by atoms with E-state index in [2.05, 4.69) is 15.9 Å². The molecule has 2 fully saturated rings. The Labute approximate surface area is 260 Å². The highest BCUT2D eigenvalue weighted by atomic mass is 79.9. The van der Waals surface area contributed by atoms with E-state index in [0.29, 0.717) is 12.4 Å². The van der Waals surface area contributed by atoms with E-state index in [4.69, 9.17) is 14.2 Å². The molecule has 2 heterocycles. The predicted molar refractivity (Wildman–Crippen MR) is 167 cm³/mol. The van der Waals surface area contributed by atoms with Crippen LogP contribution in [0.4, 0.5) is 5.69 Å². The van der Waals surface area contributed by atoms with E-state index in [-0.39, 0.29) is 17.9 Å². The highest BCUT2D eigenvalue weighted by Crippen LogP contribution is 2.47. The summed E-state index contributed by atoms with van der Waals surface area (Å²) in [5.74, 6) is -1.68.